The number of Topliss-reactive ketones (excluding diaryl/α,β-unsaturated/α-hetero) is 1. The SMILES string of the molecule is N#CCN(CC#N)CC(=O)c1ccc(O)c(O)c1. The zero-order chi connectivity index (χ0) is 13.5. The number of nitriles is 2. The molecule has 0 aliphatic carbocycles. The van der Waals surface area contributed by atoms with E-state index in [2.05, 4.69) is 0 Å². The second-order valence-electron chi connectivity index (χ2n) is 3.59. The highest BCUT2D eigenvalue weighted by atomic mass is 16.3. The van der Waals surface area contributed by atoms with Gasteiger partial charge in [-0.3, -0.25) is 9.69 Å². The number of benzene rings is 1. The first-order valence-corrected chi connectivity index (χ1v) is 5.10. The monoisotopic (exact) mass is 245 g/mol. The van der Waals surface area contributed by atoms with Gasteiger partial charge in [0.2, 0.25) is 0 Å². The molecule has 0 heterocycles. The molecule has 0 saturated heterocycles. The van der Waals surface area contributed by atoms with Crippen molar-refractivity contribution in [2.75, 3.05) is 19.6 Å². The van der Waals surface area contributed by atoms with Crippen molar-refractivity contribution in [1.29, 1.82) is 10.5 Å². The number of ketones is 1. The largest absolute Gasteiger partial charge is 0.504 e. The van der Waals surface area contributed by atoms with Crippen LogP contribution >= 0.6 is 0 Å². The van der Waals surface area contributed by atoms with Crippen molar-refractivity contribution < 1.29 is 15.0 Å². The third-order valence-corrected chi connectivity index (χ3v) is 2.25. The molecule has 0 fully saturated rings. The lowest BCUT2D eigenvalue weighted by atomic mass is 10.1. The summed E-state index contributed by atoms with van der Waals surface area (Å²) in [6.45, 7) is -0.141. The zero-order valence-corrected chi connectivity index (χ0v) is 9.50. The highest BCUT2D eigenvalue weighted by Crippen LogP contribution is 2.25. The van der Waals surface area contributed by atoms with Crippen LogP contribution in [0.1, 0.15) is 10.4 Å². The van der Waals surface area contributed by atoms with Gasteiger partial charge in [0.15, 0.2) is 17.3 Å². The molecule has 0 atom stereocenters. The van der Waals surface area contributed by atoms with Crippen molar-refractivity contribution in [2.45, 2.75) is 0 Å². The Balaban J connectivity index is 2.78. The van der Waals surface area contributed by atoms with E-state index < -0.39 is 0 Å². The van der Waals surface area contributed by atoms with Crippen LogP contribution in [-0.2, 0) is 0 Å². The van der Waals surface area contributed by atoms with Gasteiger partial charge in [0.05, 0.1) is 31.8 Å². The van der Waals surface area contributed by atoms with E-state index in [1.165, 1.54) is 17.0 Å². The van der Waals surface area contributed by atoms with Gasteiger partial charge in [0.25, 0.3) is 0 Å². The maximum Gasteiger partial charge on any atom is 0.177 e. The molecule has 92 valence electrons. The Morgan fingerprint density at radius 1 is 1.17 bits per heavy atom. The second kappa shape index (κ2) is 6.24. The molecule has 0 saturated carbocycles. The summed E-state index contributed by atoms with van der Waals surface area (Å²) in [5, 5.41) is 35.5. The van der Waals surface area contributed by atoms with E-state index in [0.29, 0.717) is 0 Å². The first-order chi connectivity index (χ1) is 8.58. The van der Waals surface area contributed by atoms with Crippen LogP contribution in [0.5, 0.6) is 11.5 Å². The smallest absolute Gasteiger partial charge is 0.177 e. The van der Waals surface area contributed by atoms with Crippen LogP contribution < -0.4 is 0 Å². The van der Waals surface area contributed by atoms with E-state index in [1.54, 1.807) is 0 Å². The van der Waals surface area contributed by atoms with Crippen LogP contribution in [0.25, 0.3) is 0 Å². The molecule has 0 unspecified atom stereocenters. The number of carbonyl (C=O) groups excluding carboxylic acids is 1. The van der Waals surface area contributed by atoms with E-state index >= 15 is 0 Å². The molecular formula is C12H11N3O3. The maximum atomic E-state index is 11.8. The molecule has 1 aromatic carbocycles. The van der Waals surface area contributed by atoms with E-state index in [1.807, 2.05) is 12.1 Å². The lowest BCUT2D eigenvalue weighted by Crippen LogP contribution is -2.30. The first-order valence-electron chi connectivity index (χ1n) is 5.10. The summed E-state index contributed by atoms with van der Waals surface area (Å²) in [6, 6.07) is 7.45. The lowest BCUT2D eigenvalue weighted by Gasteiger charge is -2.14. The molecule has 0 aliphatic rings. The molecule has 18 heavy (non-hydrogen) atoms. The maximum absolute atomic E-state index is 11.8. The predicted molar refractivity (Wildman–Crippen MR) is 61.8 cm³/mol. The Labute approximate surface area is 104 Å². The first kappa shape index (κ1) is 13.5. The number of carbonyl (C=O) groups is 1. The Morgan fingerprint density at radius 3 is 2.28 bits per heavy atom. The van der Waals surface area contributed by atoms with Gasteiger partial charge < -0.3 is 10.2 Å². The summed E-state index contributed by atoms with van der Waals surface area (Å²) in [7, 11) is 0. The van der Waals surface area contributed by atoms with E-state index in [-0.39, 0.29) is 42.5 Å². The fraction of sp³-hybridized carbons (Fsp3) is 0.250. The van der Waals surface area contributed by atoms with Crippen molar-refractivity contribution >= 4 is 5.78 Å². The Morgan fingerprint density at radius 2 is 1.78 bits per heavy atom. The van der Waals surface area contributed by atoms with Gasteiger partial charge in [0, 0.05) is 5.56 Å². The summed E-state index contributed by atoms with van der Waals surface area (Å²) >= 11 is 0. The van der Waals surface area contributed by atoms with Crippen LogP contribution in [0.4, 0.5) is 0 Å². The lowest BCUT2D eigenvalue weighted by molar-refractivity contribution is 0.0946. The van der Waals surface area contributed by atoms with Crippen LogP contribution in [0.15, 0.2) is 18.2 Å². The fourth-order valence-corrected chi connectivity index (χ4v) is 1.36. The summed E-state index contributed by atoms with van der Waals surface area (Å²) in [5.74, 6) is -1.03. The number of rotatable bonds is 5. The van der Waals surface area contributed by atoms with Gasteiger partial charge in [-0.05, 0) is 18.2 Å². The van der Waals surface area contributed by atoms with Crippen molar-refractivity contribution in [3.05, 3.63) is 23.8 Å². The van der Waals surface area contributed by atoms with Gasteiger partial charge >= 0.3 is 0 Å². The van der Waals surface area contributed by atoms with Crippen molar-refractivity contribution in [1.82, 2.24) is 4.90 Å². The molecule has 0 spiro atoms. The van der Waals surface area contributed by atoms with Crippen LogP contribution in [0.2, 0.25) is 0 Å². The number of hydrogen-bond acceptors (Lipinski definition) is 6. The van der Waals surface area contributed by atoms with E-state index in [0.717, 1.165) is 6.07 Å². The van der Waals surface area contributed by atoms with Gasteiger partial charge in [-0.25, -0.2) is 0 Å². The van der Waals surface area contributed by atoms with E-state index in [9.17, 15) is 9.90 Å². The Hall–Kier alpha value is -2.57. The zero-order valence-electron chi connectivity index (χ0n) is 9.50. The van der Waals surface area contributed by atoms with Gasteiger partial charge in [-0.2, -0.15) is 10.5 Å². The normalized spacial score (nSPS) is 9.72. The predicted octanol–water partition coefficient (Wildman–Crippen LogP) is 0.630. The fourth-order valence-electron chi connectivity index (χ4n) is 1.36. The average molecular weight is 245 g/mol. The molecule has 2 N–H and O–H groups in total. The summed E-state index contributed by atoms with van der Waals surface area (Å²) in [4.78, 5) is 13.2. The molecule has 0 aromatic heterocycles. The number of hydrogen-bond donors (Lipinski definition) is 2. The van der Waals surface area contributed by atoms with Crippen molar-refractivity contribution in [2.24, 2.45) is 0 Å². The van der Waals surface area contributed by atoms with Crippen LogP contribution in [0.3, 0.4) is 0 Å². The minimum atomic E-state index is -0.382. The standard InChI is InChI=1S/C12H11N3O3/c13-3-5-15(6-4-14)8-12(18)9-1-2-10(16)11(17)7-9/h1-2,7,16-17H,5-6,8H2. The second-order valence-corrected chi connectivity index (χ2v) is 3.59. The Kier molecular flexibility index (Phi) is 4.67. The van der Waals surface area contributed by atoms with Gasteiger partial charge in [-0.15, -0.1) is 0 Å². The number of aromatic hydroxyl groups is 2. The van der Waals surface area contributed by atoms with E-state index in [4.69, 9.17) is 15.6 Å². The van der Waals surface area contributed by atoms with Crippen molar-refractivity contribution in [3.63, 3.8) is 0 Å². The quantitative estimate of drug-likeness (QED) is 0.447. The Bertz CT molecular complexity index is 512. The molecule has 6 nitrogen and oxygen atoms in total. The minimum Gasteiger partial charge on any atom is -0.504 e. The number of nitrogens with zero attached hydrogens (tertiary/aromatic N) is 3. The molecule has 0 amide bonds. The summed E-state index contributed by atoms with van der Waals surface area (Å²) < 4.78 is 0. The molecule has 6 heteroatoms. The molecule has 1 rings (SSSR count). The molecule has 0 bridgehead atoms. The molecule has 0 aliphatic heterocycles. The van der Waals surface area contributed by atoms with Gasteiger partial charge in [-0.1, -0.05) is 0 Å². The number of phenolic OH excluding ortho intramolecular Hbond substituents is 2. The third-order valence-electron chi connectivity index (χ3n) is 2.25. The minimum absolute atomic E-state index is 0.0244. The van der Waals surface area contributed by atoms with Gasteiger partial charge in [0.1, 0.15) is 0 Å². The third kappa shape index (κ3) is 3.48. The topological polar surface area (TPSA) is 108 Å². The summed E-state index contributed by atoms with van der Waals surface area (Å²) in [6.07, 6.45) is 0. The number of phenols is 2. The van der Waals surface area contributed by atoms with Crippen LogP contribution in [-0.4, -0.2) is 40.5 Å². The average Bonchev–Trinajstić information content (AvgIpc) is 2.33. The highest BCUT2D eigenvalue weighted by molar-refractivity contribution is 5.98. The molecule has 0 radical (unpaired) electrons. The van der Waals surface area contributed by atoms with Crippen LogP contribution in [0, 0.1) is 22.7 Å². The summed E-state index contributed by atoms with van der Waals surface area (Å²) in [5.41, 5.74) is 0.214. The highest BCUT2D eigenvalue weighted by Gasteiger charge is 2.13. The molecular weight excluding hydrogens is 234 g/mol. The molecule has 1 aromatic rings. The van der Waals surface area contributed by atoms with Crippen molar-refractivity contribution in [3.8, 4) is 23.6 Å².